The van der Waals surface area contributed by atoms with Crippen molar-refractivity contribution in [3.8, 4) is 5.69 Å². The number of aromatic nitrogens is 2. The molecule has 136 valence electrons. The lowest BCUT2D eigenvalue weighted by atomic mass is 9.89. The quantitative estimate of drug-likeness (QED) is 0.778. The van der Waals surface area contributed by atoms with Crippen molar-refractivity contribution in [2.24, 2.45) is 0 Å². The van der Waals surface area contributed by atoms with E-state index in [0.29, 0.717) is 6.54 Å². The Morgan fingerprint density at radius 2 is 2.07 bits per heavy atom. The number of carbonyl (C=O) groups is 2. The molecule has 2 amide bonds. The van der Waals surface area contributed by atoms with E-state index in [1.54, 1.807) is 22.8 Å². The first-order valence-electron chi connectivity index (χ1n) is 8.84. The second kappa shape index (κ2) is 7.07. The highest BCUT2D eigenvalue weighted by molar-refractivity contribution is 6.01. The van der Waals surface area contributed by atoms with Gasteiger partial charge < -0.3 is 10.2 Å². The average molecular weight is 360 g/mol. The van der Waals surface area contributed by atoms with E-state index in [1.807, 2.05) is 60.8 Å². The minimum absolute atomic E-state index is 0.0539. The smallest absolute Gasteiger partial charge is 0.230 e. The van der Waals surface area contributed by atoms with Crippen molar-refractivity contribution in [3.63, 3.8) is 0 Å². The molecule has 27 heavy (non-hydrogen) atoms. The largest absolute Gasteiger partial charge is 0.341 e. The number of amides is 2. The van der Waals surface area contributed by atoms with Gasteiger partial charge in [0.05, 0.1) is 11.6 Å². The van der Waals surface area contributed by atoms with Crippen LogP contribution in [0.5, 0.6) is 0 Å². The molecule has 0 saturated heterocycles. The number of nitrogens with zero attached hydrogens (tertiary/aromatic N) is 3. The first-order valence-corrected chi connectivity index (χ1v) is 8.84. The van der Waals surface area contributed by atoms with E-state index < -0.39 is 5.92 Å². The maximum Gasteiger partial charge on any atom is 0.230 e. The van der Waals surface area contributed by atoms with Crippen LogP contribution in [0.25, 0.3) is 5.69 Å². The highest BCUT2D eigenvalue weighted by Gasteiger charge is 2.32. The van der Waals surface area contributed by atoms with Gasteiger partial charge in [0.25, 0.3) is 0 Å². The van der Waals surface area contributed by atoms with Crippen molar-refractivity contribution < 1.29 is 9.59 Å². The van der Waals surface area contributed by atoms with Gasteiger partial charge in [0.1, 0.15) is 0 Å². The molecule has 0 fully saturated rings. The molecule has 0 saturated carbocycles. The fraction of sp³-hybridized carbons (Fsp3) is 0.190. The lowest BCUT2D eigenvalue weighted by molar-refractivity contribution is -0.134. The summed E-state index contributed by atoms with van der Waals surface area (Å²) in [5, 5.41) is 7.08. The van der Waals surface area contributed by atoms with Crippen molar-refractivity contribution in [1.29, 1.82) is 0 Å². The van der Waals surface area contributed by atoms with Crippen molar-refractivity contribution in [3.05, 3.63) is 78.1 Å². The Hall–Kier alpha value is -3.41. The van der Waals surface area contributed by atoms with Gasteiger partial charge in [0.2, 0.25) is 11.8 Å². The molecule has 1 aromatic heterocycles. The van der Waals surface area contributed by atoms with E-state index in [0.717, 1.165) is 22.5 Å². The standard InChI is InChI=1S/C21H20N4O2/c1-24(14-15-6-4-7-16(12-15)25-11-5-10-22-25)21(27)18-13-20(26)23-19-9-3-2-8-17(18)19/h2-12,18H,13-14H2,1H3,(H,23,26)/t18-/m0/s1. The molecule has 1 atom stereocenters. The second-order valence-electron chi connectivity index (χ2n) is 6.71. The molecular formula is C21H20N4O2. The number of hydrogen-bond donors (Lipinski definition) is 1. The molecule has 6 heteroatoms. The zero-order chi connectivity index (χ0) is 18.8. The van der Waals surface area contributed by atoms with Gasteiger partial charge in [0.15, 0.2) is 0 Å². The first kappa shape index (κ1) is 17.0. The summed E-state index contributed by atoms with van der Waals surface area (Å²) in [5.74, 6) is -0.628. The zero-order valence-corrected chi connectivity index (χ0v) is 15.0. The van der Waals surface area contributed by atoms with Gasteiger partial charge in [-0.2, -0.15) is 5.10 Å². The number of nitrogens with one attached hydrogen (secondary N) is 1. The Balaban J connectivity index is 1.54. The number of carbonyl (C=O) groups excluding carboxylic acids is 2. The van der Waals surface area contributed by atoms with Gasteiger partial charge in [-0.25, -0.2) is 4.68 Å². The molecular weight excluding hydrogens is 340 g/mol. The molecule has 2 heterocycles. The molecule has 3 aromatic rings. The predicted octanol–water partition coefficient (Wildman–Crippen LogP) is 2.96. The van der Waals surface area contributed by atoms with Gasteiger partial charge in [-0.05, 0) is 35.4 Å². The van der Waals surface area contributed by atoms with E-state index >= 15 is 0 Å². The van der Waals surface area contributed by atoms with Crippen molar-refractivity contribution in [2.75, 3.05) is 12.4 Å². The summed E-state index contributed by atoms with van der Waals surface area (Å²) in [4.78, 5) is 26.7. The van der Waals surface area contributed by atoms with Crippen LogP contribution in [0.2, 0.25) is 0 Å². The molecule has 1 aliphatic heterocycles. The fourth-order valence-corrected chi connectivity index (χ4v) is 3.47. The van der Waals surface area contributed by atoms with Crippen LogP contribution in [0.3, 0.4) is 0 Å². The SMILES string of the molecule is CN(Cc1cccc(-n2cccn2)c1)C(=O)[C@H]1CC(=O)Nc2ccccc21. The Labute approximate surface area is 157 Å². The topological polar surface area (TPSA) is 67.2 Å². The molecule has 6 nitrogen and oxygen atoms in total. The Morgan fingerprint density at radius 3 is 2.89 bits per heavy atom. The van der Waals surface area contributed by atoms with Crippen molar-refractivity contribution >= 4 is 17.5 Å². The monoisotopic (exact) mass is 360 g/mol. The maximum atomic E-state index is 13.1. The molecule has 1 N–H and O–H groups in total. The summed E-state index contributed by atoms with van der Waals surface area (Å²) in [5.41, 5.74) is 3.55. The zero-order valence-electron chi connectivity index (χ0n) is 15.0. The summed E-state index contributed by atoms with van der Waals surface area (Å²) >= 11 is 0. The van der Waals surface area contributed by atoms with Crippen LogP contribution in [0.1, 0.15) is 23.5 Å². The third kappa shape index (κ3) is 3.46. The third-order valence-electron chi connectivity index (χ3n) is 4.77. The third-order valence-corrected chi connectivity index (χ3v) is 4.77. The van der Waals surface area contributed by atoms with E-state index in [1.165, 1.54) is 0 Å². The van der Waals surface area contributed by atoms with Gasteiger partial charge in [-0.15, -0.1) is 0 Å². The summed E-state index contributed by atoms with van der Waals surface area (Å²) in [6.07, 6.45) is 3.78. The van der Waals surface area contributed by atoms with Crippen LogP contribution in [0.15, 0.2) is 67.0 Å². The summed E-state index contributed by atoms with van der Waals surface area (Å²) in [7, 11) is 1.78. The highest BCUT2D eigenvalue weighted by atomic mass is 16.2. The molecule has 2 aromatic carbocycles. The molecule has 0 aliphatic carbocycles. The molecule has 1 aliphatic rings. The van der Waals surface area contributed by atoms with Crippen LogP contribution in [0.4, 0.5) is 5.69 Å². The molecule has 0 spiro atoms. The summed E-state index contributed by atoms with van der Waals surface area (Å²) < 4.78 is 1.78. The van der Waals surface area contributed by atoms with Gasteiger partial charge >= 0.3 is 0 Å². The van der Waals surface area contributed by atoms with E-state index in [-0.39, 0.29) is 18.2 Å². The van der Waals surface area contributed by atoms with Crippen LogP contribution in [-0.2, 0) is 16.1 Å². The second-order valence-corrected chi connectivity index (χ2v) is 6.71. The van der Waals surface area contributed by atoms with Crippen LogP contribution < -0.4 is 5.32 Å². The Bertz CT molecular complexity index is 981. The number of fused-ring (bicyclic) bond motifs is 1. The van der Waals surface area contributed by atoms with E-state index in [4.69, 9.17) is 0 Å². The van der Waals surface area contributed by atoms with Crippen LogP contribution in [-0.4, -0.2) is 33.5 Å². The van der Waals surface area contributed by atoms with Crippen LogP contribution >= 0.6 is 0 Å². The molecule has 0 bridgehead atoms. The molecule has 0 unspecified atom stereocenters. The summed E-state index contributed by atoms with van der Waals surface area (Å²) in [6, 6.07) is 17.3. The minimum atomic E-state index is -0.450. The first-order chi connectivity index (χ1) is 13.1. The lowest BCUT2D eigenvalue weighted by Gasteiger charge is -2.28. The predicted molar refractivity (Wildman–Crippen MR) is 102 cm³/mol. The molecule has 0 radical (unpaired) electrons. The number of para-hydroxylation sites is 1. The van der Waals surface area contributed by atoms with E-state index in [2.05, 4.69) is 10.4 Å². The van der Waals surface area contributed by atoms with Crippen molar-refractivity contribution in [1.82, 2.24) is 14.7 Å². The normalized spacial score (nSPS) is 15.7. The minimum Gasteiger partial charge on any atom is -0.341 e. The summed E-state index contributed by atoms with van der Waals surface area (Å²) in [6.45, 7) is 0.466. The Morgan fingerprint density at radius 1 is 1.22 bits per heavy atom. The number of rotatable bonds is 4. The van der Waals surface area contributed by atoms with E-state index in [9.17, 15) is 9.59 Å². The lowest BCUT2D eigenvalue weighted by Crippen LogP contribution is -2.36. The number of benzene rings is 2. The number of likely N-dealkylation sites (N-methyl/N-ethyl adjacent to an activating group) is 1. The molecule has 4 rings (SSSR count). The maximum absolute atomic E-state index is 13.1. The van der Waals surface area contributed by atoms with Crippen molar-refractivity contribution in [2.45, 2.75) is 18.9 Å². The van der Waals surface area contributed by atoms with Gasteiger partial charge in [0, 0.05) is 38.1 Å². The van der Waals surface area contributed by atoms with Gasteiger partial charge in [-0.1, -0.05) is 30.3 Å². The highest BCUT2D eigenvalue weighted by Crippen LogP contribution is 2.33. The number of hydrogen-bond acceptors (Lipinski definition) is 3. The average Bonchev–Trinajstić information content (AvgIpc) is 3.22. The fourth-order valence-electron chi connectivity index (χ4n) is 3.47. The number of anilines is 1. The van der Waals surface area contributed by atoms with Crippen LogP contribution in [0, 0.1) is 0 Å². The Kier molecular flexibility index (Phi) is 4.46. The van der Waals surface area contributed by atoms with Gasteiger partial charge in [-0.3, -0.25) is 9.59 Å².